The van der Waals surface area contributed by atoms with E-state index in [1.807, 2.05) is 32.0 Å². The molecule has 2 heterocycles. The first-order valence-electron chi connectivity index (χ1n) is 5.69. The molecule has 0 amide bonds. The van der Waals surface area contributed by atoms with Crippen molar-refractivity contribution >= 4 is 5.97 Å². The smallest absolute Gasteiger partial charge is 0.303 e. The van der Waals surface area contributed by atoms with E-state index in [0.717, 1.165) is 5.69 Å². The van der Waals surface area contributed by atoms with Crippen LogP contribution in [0.3, 0.4) is 0 Å². The molecular weight excluding hydrogens is 218 g/mol. The van der Waals surface area contributed by atoms with Crippen LogP contribution < -0.4 is 0 Å². The van der Waals surface area contributed by atoms with Crippen molar-refractivity contribution in [1.29, 1.82) is 0 Å². The second kappa shape index (κ2) is 4.11. The van der Waals surface area contributed by atoms with Crippen molar-refractivity contribution in [2.75, 3.05) is 13.2 Å². The number of aliphatic carboxylic acids is 1. The third kappa shape index (κ3) is 1.93. The number of carboxylic acids is 1. The summed E-state index contributed by atoms with van der Waals surface area (Å²) in [6, 6.07) is 5.74. The minimum absolute atomic E-state index is 0.118. The predicted molar refractivity (Wildman–Crippen MR) is 62.8 cm³/mol. The lowest BCUT2D eigenvalue weighted by Crippen LogP contribution is -2.57. The molecule has 4 heteroatoms. The van der Waals surface area contributed by atoms with E-state index in [2.05, 4.69) is 4.98 Å². The summed E-state index contributed by atoms with van der Waals surface area (Å²) >= 11 is 0. The summed E-state index contributed by atoms with van der Waals surface area (Å²) in [6.07, 6.45) is 1.86. The lowest BCUT2D eigenvalue weighted by Gasteiger charge is -2.51. The van der Waals surface area contributed by atoms with Crippen LogP contribution in [-0.2, 0) is 14.9 Å². The highest BCUT2D eigenvalue weighted by Gasteiger charge is 2.53. The monoisotopic (exact) mass is 235 g/mol. The van der Waals surface area contributed by atoms with Gasteiger partial charge in [0, 0.05) is 6.20 Å². The van der Waals surface area contributed by atoms with Crippen molar-refractivity contribution in [3.05, 3.63) is 30.1 Å². The fraction of sp³-hybridized carbons (Fsp3) is 0.538. The highest BCUT2D eigenvalue weighted by atomic mass is 16.5. The molecule has 0 radical (unpaired) electrons. The van der Waals surface area contributed by atoms with Gasteiger partial charge in [-0.25, -0.2) is 0 Å². The maximum atomic E-state index is 11.0. The highest BCUT2D eigenvalue weighted by molar-refractivity contribution is 5.68. The third-order valence-electron chi connectivity index (χ3n) is 3.74. The molecule has 17 heavy (non-hydrogen) atoms. The van der Waals surface area contributed by atoms with Gasteiger partial charge in [-0.1, -0.05) is 19.9 Å². The van der Waals surface area contributed by atoms with Gasteiger partial charge in [-0.3, -0.25) is 9.78 Å². The van der Waals surface area contributed by atoms with Crippen LogP contribution >= 0.6 is 0 Å². The minimum atomic E-state index is -0.780. The van der Waals surface area contributed by atoms with Crippen molar-refractivity contribution in [2.24, 2.45) is 5.41 Å². The van der Waals surface area contributed by atoms with Crippen LogP contribution in [0.4, 0.5) is 0 Å². The van der Waals surface area contributed by atoms with Crippen LogP contribution in [0.2, 0.25) is 0 Å². The second-order valence-electron chi connectivity index (χ2n) is 5.24. The van der Waals surface area contributed by atoms with E-state index in [4.69, 9.17) is 9.84 Å². The Hall–Kier alpha value is -1.42. The number of carbonyl (C=O) groups is 1. The first kappa shape index (κ1) is 12.0. The lowest BCUT2D eigenvalue weighted by atomic mass is 9.60. The average Bonchev–Trinajstić information content (AvgIpc) is 2.14. The van der Waals surface area contributed by atoms with Gasteiger partial charge in [0.25, 0.3) is 0 Å². The van der Waals surface area contributed by atoms with Crippen LogP contribution in [0.15, 0.2) is 24.4 Å². The van der Waals surface area contributed by atoms with Gasteiger partial charge in [0.1, 0.15) is 0 Å². The van der Waals surface area contributed by atoms with Crippen molar-refractivity contribution in [2.45, 2.75) is 25.7 Å². The second-order valence-corrected chi connectivity index (χ2v) is 5.24. The SMILES string of the molecule is CC(C)(CC(=O)O)C1(c2ccccn2)COC1. The van der Waals surface area contributed by atoms with Gasteiger partial charge in [0.05, 0.1) is 30.7 Å². The maximum absolute atomic E-state index is 11.0. The third-order valence-corrected chi connectivity index (χ3v) is 3.74. The molecule has 0 unspecified atom stereocenters. The molecule has 1 aromatic heterocycles. The van der Waals surface area contributed by atoms with Gasteiger partial charge in [0.15, 0.2) is 0 Å². The zero-order chi connectivity index (χ0) is 12.5. The van der Waals surface area contributed by atoms with Crippen LogP contribution in [0.5, 0.6) is 0 Å². The van der Waals surface area contributed by atoms with Gasteiger partial charge in [-0.05, 0) is 17.5 Å². The Labute approximate surface area is 101 Å². The first-order chi connectivity index (χ1) is 7.98. The largest absolute Gasteiger partial charge is 0.481 e. The molecule has 1 aliphatic heterocycles. The molecular formula is C13H17NO3. The number of hydrogen-bond donors (Lipinski definition) is 1. The van der Waals surface area contributed by atoms with E-state index in [1.54, 1.807) is 6.20 Å². The Morgan fingerprint density at radius 3 is 2.65 bits per heavy atom. The summed E-state index contributed by atoms with van der Waals surface area (Å²) in [5.74, 6) is -0.780. The summed E-state index contributed by atoms with van der Waals surface area (Å²) in [4.78, 5) is 15.3. The molecule has 0 aromatic carbocycles. The lowest BCUT2D eigenvalue weighted by molar-refractivity contribution is -0.152. The van der Waals surface area contributed by atoms with Gasteiger partial charge in [-0.2, -0.15) is 0 Å². The summed E-state index contributed by atoms with van der Waals surface area (Å²) in [6.45, 7) is 5.03. The van der Waals surface area contributed by atoms with E-state index < -0.39 is 5.97 Å². The number of hydrogen-bond acceptors (Lipinski definition) is 3. The van der Waals surface area contributed by atoms with E-state index in [1.165, 1.54) is 0 Å². The van der Waals surface area contributed by atoms with E-state index in [9.17, 15) is 4.79 Å². The Morgan fingerprint density at radius 1 is 1.53 bits per heavy atom. The number of pyridine rings is 1. The molecule has 0 saturated carbocycles. The molecule has 1 fully saturated rings. The summed E-state index contributed by atoms with van der Waals surface area (Å²) in [7, 11) is 0. The maximum Gasteiger partial charge on any atom is 0.303 e. The zero-order valence-corrected chi connectivity index (χ0v) is 10.1. The number of rotatable bonds is 4. The standard InChI is InChI=1S/C13H17NO3/c1-12(2,7-11(15)16)13(8-17-9-13)10-5-3-4-6-14-10/h3-6H,7-9H2,1-2H3,(H,15,16). The Kier molecular flexibility index (Phi) is 2.91. The molecule has 1 N–H and O–H groups in total. The molecule has 0 bridgehead atoms. The van der Waals surface area contributed by atoms with Gasteiger partial charge in [-0.15, -0.1) is 0 Å². The number of carboxylic acid groups (broad SMARTS) is 1. The Bertz CT molecular complexity index is 410. The number of nitrogens with zero attached hydrogens (tertiary/aromatic N) is 1. The quantitative estimate of drug-likeness (QED) is 0.865. The summed E-state index contributed by atoms with van der Waals surface area (Å²) < 4.78 is 5.33. The van der Waals surface area contributed by atoms with Crippen molar-refractivity contribution in [3.63, 3.8) is 0 Å². The molecule has 0 atom stereocenters. The molecule has 1 aromatic rings. The molecule has 0 aliphatic carbocycles. The van der Waals surface area contributed by atoms with Gasteiger partial charge in [0.2, 0.25) is 0 Å². The number of aromatic nitrogens is 1. The molecule has 0 spiro atoms. The Morgan fingerprint density at radius 2 is 2.24 bits per heavy atom. The molecule has 4 nitrogen and oxygen atoms in total. The molecule has 2 rings (SSSR count). The Balaban J connectivity index is 2.35. The summed E-state index contributed by atoms with van der Waals surface area (Å²) in [5, 5.41) is 9.02. The summed E-state index contributed by atoms with van der Waals surface area (Å²) in [5.41, 5.74) is 0.287. The van der Waals surface area contributed by atoms with Gasteiger partial charge < -0.3 is 9.84 Å². The van der Waals surface area contributed by atoms with Gasteiger partial charge >= 0.3 is 5.97 Å². The predicted octanol–water partition coefficient (Wildman–Crippen LogP) is 1.85. The fourth-order valence-corrected chi connectivity index (χ4v) is 2.38. The molecule has 1 aliphatic rings. The van der Waals surface area contributed by atoms with Crippen molar-refractivity contribution < 1.29 is 14.6 Å². The van der Waals surface area contributed by atoms with Crippen LogP contribution in [0.1, 0.15) is 26.0 Å². The van der Waals surface area contributed by atoms with Crippen molar-refractivity contribution in [3.8, 4) is 0 Å². The first-order valence-corrected chi connectivity index (χ1v) is 5.69. The highest BCUT2D eigenvalue weighted by Crippen LogP contribution is 2.48. The molecule has 92 valence electrons. The van der Waals surface area contributed by atoms with Crippen LogP contribution in [-0.4, -0.2) is 29.3 Å². The average molecular weight is 235 g/mol. The minimum Gasteiger partial charge on any atom is -0.481 e. The topological polar surface area (TPSA) is 59.4 Å². The van der Waals surface area contributed by atoms with E-state index in [-0.39, 0.29) is 17.3 Å². The zero-order valence-electron chi connectivity index (χ0n) is 10.1. The van der Waals surface area contributed by atoms with Crippen LogP contribution in [0.25, 0.3) is 0 Å². The normalized spacial score (nSPS) is 18.5. The van der Waals surface area contributed by atoms with Crippen LogP contribution in [0, 0.1) is 5.41 Å². The fourth-order valence-electron chi connectivity index (χ4n) is 2.38. The van der Waals surface area contributed by atoms with Crippen molar-refractivity contribution in [1.82, 2.24) is 4.98 Å². The van der Waals surface area contributed by atoms with E-state index in [0.29, 0.717) is 13.2 Å². The van der Waals surface area contributed by atoms with E-state index >= 15 is 0 Å². The number of ether oxygens (including phenoxy) is 1. The molecule has 1 saturated heterocycles.